The van der Waals surface area contributed by atoms with Gasteiger partial charge in [0.05, 0.1) is 18.2 Å². The monoisotopic (exact) mass is 356 g/mol. The van der Waals surface area contributed by atoms with Crippen LogP contribution in [0.2, 0.25) is 0 Å². The zero-order chi connectivity index (χ0) is 19.1. The van der Waals surface area contributed by atoms with Crippen LogP contribution in [-0.4, -0.2) is 37.7 Å². The number of carbonyl (C=O) groups is 3. The highest BCUT2D eigenvalue weighted by molar-refractivity contribution is 5.92. The van der Waals surface area contributed by atoms with Gasteiger partial charge in [-0.1, -0.05) is 35.4 Å². The molecule has 136 valence electrons. The number of carbonyl (C=O) groups excluding carboxylic acids is 3. The molecular weight excluding hydrogens is 336 g/mol. The second-order valence-corrected chi connectivity index (χ2v) is 5.75. The first kappa shape index (κ1) is 19.2. The third-order valence-corrected chi connectivity index (χ3v) is 3.59. The average Bonchev–Trinajstić information content (AvgIpc) is 2.64. The van der Waals surface area contributed by atoms with Crippen LogP contribution in [0, 0.1) is 13.8 Å². The first-order valence-electron chi connectivity index (χ1n) is 8.00. The van der Waals surface area contributed by atoms with Crippen molar-refractivity contribution in [1.82, 2.24) is 0 Å². The fourth-order valence-corrected chi connectivity index (χ4v) is 2.26. The van der Waals surface area contributed by atoms with Crippen LogP contribution >= 0.6 is 0 Å². The van der Waals surface area contributed by atoms with Gasteiger partial charge in [0.15, 0.2) is 0 Å². The number of hydrogen-bond donors (Lipinski definition) is 0. The minimum absolute atomic E-state index is 0.295. The maximum Gasteiger partial charge on any atom is 0.350 e. The molecule has 0 aliphatic carbocycles. The number of esters is 3. The van der Waals surface area contributed by atoms with E-state index in [0.29, 0.717) is 11.1 Å². The van der Waals surface area contributed by atoms with E-state index in [1.807, 2.05) is 26.0 Å². The van der Waals surface area contributed by atoms with Crippen molar-refractivity contribution in [3.05, 3.63) is 70.8 Å². The summed E-state index contributed by atoms with van der Waals surface area (Å²) in [4.78, 5) is 36.2. The fraction of sp³-hybridized carbons (Fsp3) is 0.250. The van der Waals surface area contributed by atoms with Crippen LogP contribution in [0.4, 0.5) is 0 Å². The normalized spacial score (nSPS) is 11.3. The van der Waals surface area contributed by atoms with Crippen molar-refractivity contribution in [1.29, 1.82) is 0 Å². The summed E-state index contributed by atoms with van der Waals surface area (Å²) < 4.78 is 14.9. The molecule has 0 aromatic heterocycles. The molecule has 2 rings (SSSR count). The van der Waals surface area contributed by atoms with Crippen LogP contribution in [0.5, 0.6) is 0 Å². The summed E-state index contributed by atoms with van der Waals surface area (Å²) >= 11 is 0. The summed E-state index contributed by atoms with van der Waals surface area (Å²) in [6.45, 7) is 3.24. The van der Waals surface area contributed by atoms with Crippen molar-refractivity contribution in [2.45, 2.75) is 20.0 Å². The van der Waals surface area contributed by atoms with Crippen molar-refractivity contribution >= 4 is 17.9 Å². The molecule has 0 saturated carbocycles. The average molecular weight is 356 g/mol. The van der Waals surface area contributed by atoms with E-state index in [4.69, 9.17) is 9.47 Å². The van der Waals surface area contributed by atoms with Gasteiger partial charge in [-0.25, -0.2) is 14.4 Å². The molecule has 2 aromatic carbocycles. The van der Waals surface area contributed by atoms with Crippen molar-refractivity contribution in [2.75, 3.05) is 13.7 Å². The van der Waals surface area contributed by atoms with Gasteiger partial charge in [-0.15, -0.1) is 0 Å². The van der Waals surface area contributed by atoms with Gasteiger partial charge >= 0.3 is 17.9 Å². The lowest BCUT2D eigenvalue weighted by molar-refractivity contribution is -0.153. The first-order chi connectivity index (χ1) is 12.4. The number of benzene rings is 2. The molecule has 1 atom stereocenters. The molecule has 2 aromatic rings. The Morgan fingerprint density at radius 1 is 0.885 bits per heavy atom. The van der Waals surface area contributed by atoms with Crippen LogP contribution in [0.25, 0.3) is 0 Å². The van der Waals surface area contributed by atoms with Gasteiger partial charge in [-0.3, -0.25) is 0 Å². The van der Waals surface area contributed by atoms with Crippen LogP contribution in [-0.2, 0) is 19.0 Å². The van der Waals surface area contributed by atoms with Gasteiger partial charge in [0, 0.05) is 0 Å². The first-order valence-corrected chi connectivity index (χ1v) is 8.00. The summed E-state index contributed by atoms with van der Waals surface area (Å²) in [7, 11) is 1.16. The van der Waals surface area contributed by atoms with Crippen LogP contribution in [0.1, 0.15) is 31.8 Å². The smallest absolute Gasteiger partial charge is 0.350 e. The second-order valence-electron chi connectivity index (χ2n) is 5.75. The molecule has 0 heterocycles. The fourth-order valence-electron chi connectivity index (χ4n) is 2.26. The third-order valence-electron chi connectivity index (χ3n) is 3.59. The van der Waals surface area contributed by atoms with Crippen LogP contribution in [0.15, 0.2) is 48.5 Å². The van der Waals surface area contributed by atoms with E-state index >= 15 is 0 Å². The Bertz CT molecular complexity index is 811. The molecule has 6 heteroatoms. The lowest BCUT2D eigenvalue weighted by Gasteiger charge is -2.16. The van der Waals surface area contributed by atoms with Gasteiger partial charge in [-0.2, -0.15) is 0 Å². The number of rotatable bonds is 6. The molecule has 0 radical (unpaired) electrons. The molecule has 0 N–H and O–H groups in total. The SMILES string of the molecule is COC(=O)[C@H](COC(=O)c1cccc(C)c1)OC(=O)c1cccc(C)c1. The molecule has 0 fully saturated rings. The predicted octanol–water partition coefficient (Wildman–Crippen LogP) is 2.86. The van der Waals surface area contributed by atoms with Crippen molar-refractivity contribution in [2.24, 2.45) is 0 Å². The minimum atomic E-state index is -1.35. The van der Waals surface area contributed by atoms with E-state index in [2.05, 4.69) is 4.74 Å². The quantitative estimate of drug-likeness (QED) is 0.585. The standard InChI is InChI=1S/C20H20O6/c1-13-6-4-8-15(10-13)18(21)25-12-17(20(23)24-3)26-19(22)16-9-5-7-14(2)11-16/h4-11,17H,12H2,1-3H3/t17-/m0/s1. The Hall–Kier alpha value is -3.15. The van der Waals surface area contributed by atoms with Gasteiger partial charge in [0.1, 0.15) is 6.61 Å². The summed E-state index contributed by atoms with van der Waals surface area (Å²) in [5.41, 5.74) is 2.41. The Balaban J connectivity index is 2.04. The van der Waals surface area contributed by atoms with Crippen molar-refractivity contribution in [3.8, 4) is 0 Å². The number of ether oxygens (including phenoxy) is 3. The molecule has 0 aliphatic heterocycles. The summed E-state index contributed by atoms with van der Waals surface area (Å²) in [6.07, 6.45) is -1.35. The van der Waals surface area contributed by atoms with E-state index in [1.54, 1.807) is 36.4 Å². The van der Waals surface area contributed by atoms with Crippen molar-refractivity contribution < 1.29 is 28.6 Å². The highest BCUT2D eigenvalue weighted by Gasteiger charge is 2.26. The molecule has 0 bridgehead atoms. The molecule has 0 amide bonds. The van der Waals surface area contributed by atoms with Gasteiger partial charge in [0.25, 0.3) is 0 Å². The highest BCUT2D eigenvalue weighted by Crippen LogP contribution is 2.10. The minimum Gasteiger partial charge on any atom is -0.466 e. The largest absolute Gasteiger partial charge is 0.466 e. The Kier molecular flexibility index (Phi) is 6.49. The van der Waals surface area contributed by atoms with Crippen LogP contribution < -0.4 is 0 Å². The maximum atomic E-state index is 12.2. The Morgan fingerprint density at radius 2 is 1.42 bits per heavy atom. The van der Waals surface area contributed by atoms with Crippen LogP contribution in [0.3, 0.4) is 0 Å². The van der Waals surface area contributed by atoms with Crippen molar-refractivity contribution in [3.63, 3.8) is 0 Å². The van der Waals surface area contributed by atoms with E-state index < -0.39 is 30.6 Å². The molecule has 6 nitrogen and oxygen atoms in total. The summed E-state index contributed by atoms with van der Waals surface area (Å²) in [5, 5.41) is 0. The highest BCUT2D eigenvalue weighted by atomic mass is 16.6. The molecular formula is C20H20O6. The molecule has 0 saturated heterocycles. The maximum absolute atomic E-state index is 12.2. The van der Waals surface area contributed by atoms with E-state index in [9.17, 15) is 14.4 Å². The molecule has 0 spiro atoms. The van der Waals surface area contributed by atoms with E-state index in [1.165, 1.54) is 0 Å². The van der Waals surface area contributed by atoms with Gasteiger partial charge in [0.2, 0.25) is 6.10 Å². The number of hydrogen-bond acceptors (Lipinski definition) is 6. The molecule has 26 heavy (non-hydrogen) atoms. The molecule has 0 unspecified atom stereocenters. The molecule has 0 aliphatic rings. The Morgan fingerprint density at radius 3 is 1.92 bits per heavy atom. The lowest BCUT2D eigenvalue weighted by atomic mass is 10.1. The summed E-state index contributed by atoms with van der Waals surface area (Å²) in [6, 6.07) is 13.6. The summed E-state index contributed by atoms with van der Waals surface area (Å²) in [5.74, 6) is -2.12. The lowest BCUT2D eigenvalue weighted by Crippen LogP contribution is -2.34. The number of aryl methyl sites for hydroxylation is 2. The second kappa shape index (κ2) is 8.80. The van der Waals surface area contributed by atoms with E-state index in [0.717, 1.165) is 18.2 Å². The zero-order valence-corrected chi connectivity index (χ0v) is 14.9. The number of methoxy groups -OCH3 is 1. The predicted molar refractivity (Wildman–Crippen MR) is 93.9 cm³/mol. The zero-order valence-electron chi connectivity index (χ0n) is 14.9. The van der Waals surface area contributed by atoms with Gasteiger partial charge < -0.3 is 14.2 Å². The van der Waals surface area contributed by atoms with E-state index in [-0.39, 0.29) is 0 Å². The Labute approximate surface area is 151 Å². The third kappa shape index (κ3) is 5.17. The topological polar surface area (TPSA) is 78.9 Å². The van der Waals surface area contributed by atoms with Gasteiger partial charge in [-0.05, 0) is 38.1 Å².